The van der Waals surface area contributed by atoms with Gasteiger partial charge >= 0.3 is 0 Å². The molecule has 0 aromatic carbocycles. The summed E-state index contributed by atoms with van der Waals surface area (Å²) in [4.78, 5) is 14.4. The van der Waals surface area contributed by atoms with Gasteiger partial charge in [-0.2, -0.15) is 0 Å². The van der Waals surface area contributed by atoms with Gasteiger partial charge in [0.15, 0.2) is 0 Å². The molecule has 1 fully saturated rings. The van der Waals surface area contributed by atoms with Crippen molar-refractivity contribution in [2.75, 3.05) is 11.9 Å². The number of piperidine rings is 1. The molecule has 1 amide bonds. The van der Waals surface area contributed by atoms with Crippen LogP contribution in [0.5, 0.6) is 0 Å². The van der Waals surface area contributed by atoms with Gasteiger partial charge in [-0.1, -0.05) is 21.1 Å². The molecule has 1 unspecified atom stereocenters. The summed E-state index contributed by atoms with van der Waals surface area (Å²) in [5.41, 5.74) is 0.603. The molecule has 1 aliphatic rings. The minimum absolute atomic E-state index is 0.0643. The van der Waals surface area contributed by atoms with Crippen molar-refractivity contribution in [3.05, 3.63) is 17.5 Å². The van der Waals surface area contributed by atoms with E-state index < -0.39 is 0 Å². The van der Waals surface area contributed by atoms with Crippen molar-refractivity contribution in [3.8, 4) is 0 Å². The van der Waals surface area contributed by atoms with Crippen LogP contribution in [0.3, 0.4) is 0 Å². The Morgan fingerprint density at radius 2 is 2.47 bits per heavy atom. The maximum atomic E-state index is 12.4. The van der Waals surface area contributed by atoms with Crippen molar-refractivity contribution in [1.82, 2.24) is 10.1 Å². The lowest BCUT2D eigenvalue weighted by Gasteiger charge is -2.35. The zero-order chi connectivity index (χ0) is 12.3. The summed E-state index contributed by atoms with van der Waals surface area (Å²) in [5.74, 6) is 0.674. The molecule has 2 heterocycles. The third kappa shape index (κ3) is 2.70. The highest BCUT2D eigenvalue weighted by Crippen LogP contribution is 2.23. The average molecular weight is 301 g/mol. The third-order valence-corrected chi connectivity index (χ3v) is 3.77. The van der Waals surface area contributed by atoms with Crippen LogP contribution in [0.1, 0.15) is 41.8 Å². The first-order valence-electron chi connectivity index (χ1n) is 6.02. The molecule has 1 aliphatic heterocycles. The van der Waals surface area contributed by atoms with Gasteiger partial charge in [-0.15, -0.1) is 0 Å². The van der Waals surface area contributed by atoms with Crippen LogP contribution in [0, 0.1) is 6.92 Å². The molecular weight excluding hydrogens is 284 g/mol. The Hall–Kier alpha value is -0.840. The number of hydrogen-bond donors (Lipinski definition) is 0. The smallest absolute Gasteiger partial charge is 0.259 e. The number of aromatic nitrogens is 1. The fourth-order valence-corrected chi connectivity index (χ4v) is 2.88. The molecule has 17 heavy (non-hydrogen) atoms. The number of nitrogens with zero attached hydrogens (tertiary/aromatic N) is 2. The Kier molecular flexibility index (Phi) is 4.20. The highest BCUT2D eigenvalue weighted by Gasteiger charge is 2.28. The van der Waals surface area contributed by atoms with Gasteiger partial charge < -0.3 is 9.42 Å². The summed E-state index contributed by atoms with van der Waals surface area (Å²) in [6.45, 7) is 2.63. The van der Waals surface area contributed by atoms with Crippen molar-refractivity contribution in [1.29, 1.82) is 0 Å². The molecule has 1 saturated heterocycles. The van der Waals surface area contributed by atoms with Gasteiger partial charge in [-0.25, -0.2) is 0 Å². The summed E-state index contributed by atoms with van der Waals surface area (Å²) < 4.78 is 4.96. The zero-order valence-electron chi connectivity index (χ0n) is 9.99. The molecule has 0 N–H and O–H groups in total. The summed E-state index contributed by atoms with van der Waals surface area (Å²) in [6, 6.07) is 0.352. The molecular formula is C12H17BrN2O2. The third-order valence-electron chi connectivity index (χ3n) is 3.31. The highest BCUT2D eigenvalue weighted by molar-refractivity contribution is 9.09. The lowest BCUT2D eigenvalue weighted by Crippen LogP contribution is -2.44. The van der Waals surface area contributed by atoms with E-state index >= 15 is 0 Å². The number of likely N-dealkylation sites (tertiary alicyclic amines) is 1. The Morgan fingerprint density at radius 1 is 1.65 bits per heavy atom. The molecule has 94 valence electrons. The van der Waals surface area contributed by atoms with Gasteiger partial charge in [0, 0.05) is 17.9 Å². The molecule has 1 aromatic rings. The van der Waals surface area contributed by atoms with E-state index in [0.29, 0.717) is 17.4 Å². The van der Waals surface area contributed by atoms with Crippen molar-refractivity contribution < 1.29 is 9.32 Å². The SMILES string of the molecule is Cc1oncc1C(=O)N1CCCCC1CCBr. The van der Waals surface area contributed by atoms with Crippen molar-refractivity contribution in [2.45, 2.75) is 38.6 Å². The van der Waals surface area contributed by atoms with E-state index in [4.69, 9.17) is 4.52 Å². The zero-order valence-corrected chi connectivity index (χ0v) is 11.6. The lowest BCUT2D eigenvalue weighted by molar-refractivity contribution is 0.0608. The van der Waals surface area contributed by atoms with Crippen molar-refractivity contribution in [3.63, 3.8) is 0 Å². The van der Waals surface area contributed by atoms with Gasteiger partial charge in [0.25, 0.3) is 5.91 Å². The standard InChI is InChI=1S/C12H17BrN2O2/c1-9-11(8-14-17-9)12(16)15-7-3-2-4-10(15)5-6-13/h8,10H,2-7H2,1H3. The summed E-state index contributed by atoms with van der Waals surface area (Å²) >= 11 is 3.46. The van der Waals surface area contributed by atoms with Crippen molar-refractivity contribution >= 4 is 21.8 Å². The van der Waals surface area contributed by atoms with E-state index in [2.05, 4.69) is 21.1 Å². The van der Waals surface area contributed by atoms with Crippen LogP contribution in [0.15, 0.2) is 10.7 Å². The van der Waals surface area contributed by atoms with Gasteiger partial charge in [0.05, 0.1) is 6.20 Å². The molecule has 5 heteroatoms. The molecule has 0 aliphatic carbocycles. The Labute approximate surface area is 109 Å². The van der Waals surface area contributed by atoms with E-state index in [1.54, 1.807) is 6.92 Å². The highest BCUT2D eigenvalue weighted by atomic mass is 79.9. The van der Waals surface area contributed by atoms with E-state index in [1.807, 2.05) is 4.90 Å². The van der Waals surface area contributed by atoms with Crippen LogP contribution >= 0.6 is 15.9 Å². The first kappa shape index (κ1) is 12.6. The monoisotopic (exact) mass is 300 g/mol. The number of amides is 1. The Morgan fingerprint density at radius 3 is 3.12 bits per heavy atom. The molecule has 0 saturated carbocycles. The maximum Gasteiger partial charge on any atom is 0.259 e. The van der Waals surface area contributed by atoms with E-state index in [-0.39, 0.29) is 5.91 Å². The topological polar surface area (TPSA) is 46.3 Å². The predicted octanol–water partition coefficient (Wildman–Crippen LogP) is 2.76. The van der Waals surface area contributed by atoms with Gasteiger partial charge in [0.1, 0.15) is 11.3 Å². The maximum absolute atomic E-state index is 12.4. The summed E-state index contributed by atoms with van der Waals surface area (Å²) in [6.07, 6.45) is 5.94. The first-order valence-corrected chi connectivity index (χ1v) is 7.14. The minimum Gasteiger partial charge on any atom is -0.361 e. The number of carbonyl (C=O) groups excluding carboxylic acids is 1. The number of halogens is 1. The van der Waals surface area contributed by atoms with Crippen LogP contribution in [0.2, 0.25) is 0 Å². The lowest BCUT2D eigenvalue weighted by atomic mass is 9.99. The fraction of sp³-hybridized carbons (Fsp3) is 0.667. The Bertz CT molecular complexity index is 390. The van der Waals surface area contributed by atoms with Crippen LogP contribution in [0.4, 0.5) is 0 Å². The van der Waals surface area contributed by atoms with E-state index in [9.17, 15) is 4.79 Å². The molecule has 0 radical (unpaired) electrons. The predicted molar refractivity (Wildman–Crippen MR) is 68.3 cm³/mol. The first-order chi connectivity index (χ1) is 8.24. The molecule has 4 nitrogen and oxygen atoms in total. The van der Waals surface area contributed by atoms with E-state index in [0.717, 1.165) is 31.1 Å². The van der Waals surface area contributed by atoms with Crippen molar-refractivity contribution in [2.24, 2.45) is 0 Å². The number of hydrogen-bond acceptors (Lipinski definition) is 3. The quantitative estimate of drug-likeness (QED) is 0.807. The average Bonchev–Trinajstić information content (AvgIpc) is 2.76. The van der Waals surface area contributed by atoms with Crippen LogP contribution in [-0.2, 0) is 0 Å². The van der Waals surface area contributed by atoms with Crippen LogP contribution < -0.4 is 0 Å². The van der Waals surface area contributed by atoms with E-state index in [1.165, 1.54) is 12.6 Å². The number of carbonyl (C=O) groups is 1. The van der Waals surface area contributed by atoms with Gasteiger partial charge in [-0.05, 0) is 32.6 Å². The van der Waals surface area contributed by atoms with Crippen LogP contribution in [-0.4, -0.2) is 33.9 Å². The normalized spacial score (nSPS) is 20.6. The second-order valence-corrected chi connectivity index (χ2v) is 5.21. The van der Waals surface area contributed by atoms with Crippen LogP contribution in [0.25, 0.3) is 0 Å². The number of aryl methyl sites for hydroxylation is 1. The number of alkyl halides is 1. The fourth-order valence-electron chi connectivity index (χ4n) is 2.35. The minimum atomic E-state index is 0.0643. The molecule has 0 spiro atoms. The van der Waals surface area contributed by atoms with Gasteiger partial charge in [0.2, 0.25) is 0 Å². The molecule has 0 bridgehead atoms. The summed E-state index contributed by atoms with van der Waals surface area (Å²) in [5, 5.41) is 4.61. The molecule has 1 atom stereocenters. The largest absolute Gasteiger partial charge is 0.361 e. The second-order valence-electron chi connectivity index (χ2n) is 4.42. The second kappa shape index (κ2) is 5.67. The van der Waals surface area contributed by atoms with Gasteiger partial charge in [-0.3, -0.25) is 4.79 Å². The Balaban J connectivity index is 2.14. The number of rotatable bonds is 3. The molecule has 2 rings (SSSR count). The molecule has 1 aromatic heterocycles. The summed E-state index contributed by atoms with van der Waals surface area (Å²) in [7, 11) is 0.